The number of rotatable bonds is 6. The molecule has 0 radical (unpaired) electrons. The average molecular weight is 406 g/mol. The van der Waals surface area contributed by atoms with Crippen molar-refractivity contribution in [1.29, 1.82) is 0 Å². The molecule has 0 saturated carbocycles. The molecule has 0 spiro atoms. The number of nitrogens with zero attached hydrogens (tertiary/aromatic N) is 3. The van der Waals surface area contributed by atoms with Crippen LogP contribution in [0.3, 0.4) is 0 Å². The van der Waals surface area contributed by atoms with Gasteiger partial charge < -0.3 is 14.2 Å². The molecule has 0 unspecified atom stereocenters. The maximum atomic E-state index is 12.1. The molecular formula is C17H16BrN3O4. The minimum atomic E-state index is -0.405. The van der Waals surface area contributed by atoms with Gasteiger partial charge in [0, 0.05) is 10.0 Å². The van der Waals surface area contributed by atoms with Gasteiger partial charge in [-0.25, -0.2) is 4.68 Å². The number of benzene rings is 2. The number of hydrogen-bond acceptors (Lipinski definition) is 6. The first-order chi connectivity index (χ1) is 12.1. The van der Waals surface area contributed by atoms with Crippen molar-refractivity contribution in [2.45, 2.75) is 13.2 Å². The number of esters is 1. The molecule has 3 rings (SSSR count). The van der Waals surface area contributed by atoms with E-state index in [1.54, 1.807) is 26.4 Å². The van der Waals surface area contributed by atoms with E-state index in [4.69, 9.17) is 14.2 Å². The van der Waals surface area contributed by atoms with Gasteiger partial charge >= 0.3 is 5.97 Å². The minimum absolute atomic E-state index is 0.00851. The molecule has 1 heterocycles. The summed E-state index contributed by atoms with van der Waals surface area (Å²) in [5.41, 5.74) is 2.29. The number of aromatic nitrogens is 3. The van der Waals surface area contributed by atoms with Crippen LogP contribution in [-0.2, 0) is 22.7 Å². The molecule has 0 N–H and O–H groups in total. The molecule has 0 bridgehead atoms. The van der Waals surface area contributed by atoms with Crippen LogP contribution in [0.4, 0.5) is 0 Å². The van der Waals surface area contributed by atoms with E-state index in [2.05, 4.69) is 26.2 Å². The number of hydrogen-bond donors (Lipinski definition) is 0. The second-order valence-corrected chi connectivity index (χ2v) is 6.05. The summed E-state index contributed by atoms with van der Waals surface area (Å²) in [5.74, 6) is 0.759. The van der Waals surface area contributed by atoms with Gasteiger partial charge in [0.2, 0.25) is 0 Å². The smallest absolute Gasteiger partial charge is 0.328 e. The van der Waals surface area contributed by atoms with Gasteiger partial charge in [-0.1, -0.05) is 33.3 Å². The lowest BCUT2D eigenvalue weighted by molar-refractivity contribution is -0.145. The van der Waals surface area contributed by atoms with Crippen LogP contribution >= 0.6 is 15.9 Å². The normalized spacial score (nSPS) is 10.7. The average Bonchev–Trinajstić information content (AvgIpc) is 3.03. The highest BCUT2D eigenvalue weighted by Crippen LogP contribution is 2.33. The number of ether oxygens (including phenoxy) is 3. The van der Waals surface area contributed by atoms with E-state index in [1.165, 1.54) is 4.68 Å². The van der Waals surface area contributed by atoms with Gasteiger partial charge in [-0.2, -0.15) is 0 Å². The summed E-state index contributed by atoms with van der Waals surface area (Å²) in [7, 11) is 3.11. The number of para-hydroxylation sites is 1. The van der Waals surface area contributed by atoms with Crippen LogP contribution in [0.15, 0.2) is 40.9 Å². The highest BCUT2D eigenvalue weighted by Gasteiger charge is 2.13. The van der Waals surface area contributed by atoms with E-state index < -0.39 is 5.97 Å². The Morgan fingerprint density at radius 2 is 1.88 bits per heavy atom. The lowest BCUT2D eigenvalue weighted by Gasteiger charge is -2.12. The molecule has 25 heavy (non-hydrogen) atoms. The van der Waals surface area contributed by atoms with E-state index in [9.17, 15) is 4.79 Å². The van der Waals surface area contributed by atoms with Crippen molar-refractivity contribution < 1.29 is 19.0 Å². The summed E-state index contributed by atoms with van der Waals surface area (Å²) in [6.07, 6.45) is 0. The van der Waals surface area contributed by atoms with Crippen LogP contribution in [0.1, 0.15) is 5.56 Å². The van der Waals surface area contributed by atoms with Crippen molar-refractivity contribution in [3.8, 4) is 11.5 Å². The summed E-state index contributed by atoms with van der Waals surface area (Å²) in [5, 5.41) is 7.99. The van der Waals surface area contributed by atoms with Gasteiger partial charge in [0.05, 0.1) is 19.7 Å². The van der Waals surface area contributed by atoms with Crippen LogP contribution in [0.5, 0.6) is 11.5 Å². The molecule has 0 fully saturated rings. The van der Waals surface area contributed by atoms with Crippen LogP contribution < -0.4 is 9.47 Å². The summed E-state index contributed by atoms with van der Waals surface area (Å²) < 4.78 is 18.1. The third-order valence-corrected chi connectivity index (χ3v) is 4.38. The first-order valence-electron chi connectivity index (χ1n) is 7.46. The summed E-state index contributed by atoms with van der Waals surface area (Å²) in [6.45, 7) is 0.0951. The maximum Gasteiger partial charge on any atom is 0.328 e. The largest absolute Gasteiger partial charge is 0.493 e. The standard InChI is InChI=1S/C17H16BrN3O4/c1-23-15-7-11(12(18)8-16(15)24-2)10-25-17(22)9-21-14-6-4-3-5-13(14)19-20-21/h3-8H,9-10H2,1-2H3. The molecule has 0 aliphatic rings. The Labute approximate surface area is 152 Å². The predicted octanol–water partition coefficient (Wildman–Crippen LogP) is 2.95. The van der Waals surface area contributed by atoms with E-state index in [1.807, 2.05) is 24.3 Å². The molecule has 8 heteroatoms. The van der Waals surface area contributed by atoms with Gasteiger partial charge in [0.15, 0.2) is 11.5 Å². The number of fused-ring (bicyclic) bond motifs is 1. The number of carbonyl (C=O) groups is 1. The lowest BCUT2D eigenvalue weighted by atomic mass is 10.2. The Balaban J connectivity index is 1.68. The quantitative estimate of drug-likeness (QED) is 0.586. The zero-order valence-electron chi connectivity index (χ0n) is 13.7. The Hall–Kier alpha value is -2.61. The van der Waals surface area contributed by atoms with Crippen molar-refractivity contribution >= 4 is 32.9 Å². The topological polar surface area (TPSA) is 75.5 Å². The second-order valence-electron chi connectivity index (χ2n) is 5.20. The van der Waals surface area contributed by atoms with Crippen LogP contribution in [0.25, 0.3) is 11.0 Å². The van der Waals surface area contributed by atoms with E-state index in [0.717, 1.165) is 21.1 Å². The van der Waals surface area contributed by atoms with E-state index in [0.29, 0.717) is 11.5 Å². The Bertz CT molecular complexity index is 910. The number of carbonyl (C=O) groups excluding carboxylic acids is 1. The molecule has 0 aliphatic heterocycles. The van der Waals surface area contributed by atoms with Crippen LogP contribution in [0, 0.1) is 0 Å². The fourth-order valence-electron chi connectivity index (χ4n) is 2.37. The van der Waals surface area contributed by atoms with Crippen molar-refractivity contribution in [1.82, 2.24) is 15.0 Å². The molecular weight excluding hydrogens is 390 g/mol. The predicted molar refractivity (Wildman–Crippen MR) is 94.6 cm³/mol. The first kappa shape index (κ1) is 17.2. The zero-order valence-corrected chi connectivity index (χ0v) is 15.3. The van der Waals surface area contributed by atoms with Crippen molar-refractivity contribution in [3.05, 3.63) is 46.4 Å². The highest BCUT2D eigenvalue weighted by molar-refractivity contribution is 9.10. The zero-order chi connectivity index (χ0) is 17.8. The molecule has 0 atom stereocenters. The van der Waals surface area contributed by atoms with Crippen LogP contribution in [-0.4, -0.2) is 35.2 Å². The van der Waals surface area contributed by atoms with Crippen molar-refractivity contribution in [2.75, 3.05) is 14.2 Å². The second kappa shape index (κ2) is 7.52. The Morgan fingerprint density at radius 1 is 1.16 bits per heavy atom. The molecule has 3 aromatic rings. The van der Waals surface area contributed by atoms with Crippen molar-refractivity contribution in [2.24, 2.45) is 0 Å². The molecule has 130 valence electrons. The number of methoxy groups -OCH3 is 2. The summed E-state index contributed by atoms with van der Waals surface area (Å²) >= 11 is 3.44. The van der Waals surface area contributed by atoms with E-state index >= 15 is 0 Å². The lowest BCUT2D eigenvalue weighted by Crippen LogP contribution is -2.14. The molecule has 0 saturated heterocycles. The first-order valence-corrected chi connectivity index (χ1v) is 8.26. The molecule has 7 nitrogen and oxygen atoms in total. The molecule has 0 aliphatic carbocycles. The Morgan fingerprint density at radius 3 is 2.64 bits per heavy atom. The highest BCUT2D eigenvalue weighted by atomic mass is 79.9. The third-order valence-electron chi connectivity index (χ3n) is 3.64. The van der Waals surface area contributed by atoms with E-state index in [-0.39, 0.29) is 13.2 Å². The van der Waals surface area contributed by atoms with Gasteiger partial charge in [-0.05, 0) is 24.3 Å². The number of halogens is 1. The SMILES string of the molecule is COc1cc(Br)c(COC(=O)Cn2nnc3ccccc32)cc1OC. The van der Waals surface area contributed by atoms with Gasteiger partial charge in [0.25, 0.3) is 0 Å². The van der Waals surface area contributed by atoms with Crippen LogP contribution in [0.2, 0.25) is 0 Å². The molecule has 1 aromatic heterocycles. The Kier molecular flexibility index (Phi) is 5.18. The monoisotopic (exact) mass is 405 g/mol. The molecule has 0 amide bonds. The fraction of sp³-hybridized carbons (Fsp3) is 0.235. The summed E-state index contributed by atoms with van der Waals surface area (Å²) in [4.78, 5) is 12.1. The van der Waals surface area contributed by atoms with Gasteiger partial charge in [-0.3, -0.25) is 4.79 Å². The summed E-state index contributed by atoms with van der Waals surface area (Å²) in [6, 6.07) is 11.0. The van der Waals surface area contributed by atoms with Gasteiger partial charge in [0.1, 0.15) is 18.7 Å². The molecule has 2 aromatic carbocycles. The van der Waals surface area contributed by atoms with Gasteiger partial charge in [-0.15, -0.1) is 5.10 Å². The third kappa shape index (κ3) is 3.74. The van der Waals surface area contributed by atoms with Crippen molar-refractivity contribution in [3.63, 3.8) is 0 Å². The fourth-order valence-corrected chi connectivity index (χ4v) is 2.80. The minimum Gasteiger partial charge on any atom is -0.493 e. The maximum absolute atomic E-state index is 12.1.